The van der Waals surface area contributed by atoms with E-state index in [2.05, 4.69) is 38.4 Å². The maximum atomic E-state index is 11.5. The zero-order valence-corrected chi connectivity index (χ0v) is 14.6. The number of nitrogens with one attached hydrogen (secondary N) is 1. The Hall–Kier alpha value is -0.760. The van der Waals surface area contributed by atoms with Gasteiger partial charge in [-0.25, -0.2) is 4.98 Å². The van der Waals surface area contributed by atoms with Gasteiger partial charge < -0.3 is 5.32 Å². The minimum Gasteiger partial charge on any atom is -0.306 e. The molecule has 1 amide bonds. The van der Waals surface area contributed by atoms with Gasteiger partial charge in [0.05, 0.1) is 9.48 Å². The Labute approximate surface area is 135 Å². The van der Waals surface area contributed by atoms with Crippen molar-refractivity contribution in [1.82, 2.24) is 10.3 Å². The van der Waals surface area contributed by atoms with E-state index < -0.39 is 0 Å². The molecule has 0 fully saturated rings. The third kappa shape index (κ3) is 4.12. The maximum Gasteiger partial charge on any atom is 0.225 e. The van der Waals surface area contributed by atoms with Crippen LogP contribution in [0.25, 0.3) is 0 Å². The molecule has 0 aliphatic heterocycles. The number of anilines is 1. The topological polar surface area (TPSA) is 45.2 Å². The van der Waals surface area contributed by atoms with Crippen LogP contribution in [0.3, 0.4) is 0 Å². The second kappa shape index (κ2) is 7.31. The number of hydrogen-bond acceptors (Lipinski definition) is 5. The van der Waals surface area contributed by atoms with Gasteiger partial charge in [0.15, 0.2) is 5.13 Å². The van der Waals surface area contributed by atoms with Crippen LogP contribution in [0.15, 0.2) is 21.3 Å². The average Bonchev–Trinajstić information content (AvgIpc) is 3.00. The molecule has 0 aliphatic carbocycles. The molecule has 0 radical (unpaired) electrons. The number of carbonyl (C=O) groups excluding carboxylic acids is 1. The van der Waals surface area contributed by atoms with Crippen molar-refractivity contribution in [1.29, 1.82) is 0 Å². The van der Waals surface area contributed by atoms with Crippen molar-refractivity contribution < 1.29 is 4.79 Å². The molecular weight excluding hydrogens is 358 g/mol. The molecule has 1 N–H and O–H groups in total. The van der Waals surface area contributed by atoms with Crippen molar-refractivity contribution in [3.63, 3.8) is 0 Å². The third-order valence-corrected chi connectivity index (χ3v) is 5.24. The van der Waals surface area contributed by atoms with Gasteiger partial charge in [-0.2, -0.15) is 0 Å². The highest BCUT2D eigenvalue weighted by Gasteiger charge is 2.13. The Morgan fingerprint density at radius 3 is 2.85 bits per heavy atom. The molecule has 0 atom stereocenters. The summed E-state index contributed by atoms with van der Waals surface area (Å²) in [6.45, 7) is 5.71. The highest BCUT2D eigenvalue weighted by molar-refractivity contribution is 9.11. The van der Waals surface area contributed by atoms with Gasteiger partial charge in [-0.3, -0.25) is 9.69 Å². The summed E-state index contributed by atoms with van der Waals surface area (Å²) in [5.41, 5.74) is 0.973. The highest BCUT2D eigenvalue weighted by Crippen LogP contribution is 2.22. The molecule has 0 saturated carbocycles. The molecule has 2 aromatic heterocycles. The van der Waals surface area contributed by atoms with Crippen LogP contribution in [0, 0.1) is 0 Å². The van der Waals surface area contributed by atoms with E-state index in [-0.39, 0.29) is 5.91 Å². The normalized spacial score (nSPS) is 10.8. The molecule has 0 unspecified atom stereocenters. The van der Waals surface area contributed by atoms with E-state index in [9.17, 15) is 4.79 Å². The van der Waals surface area contributed by atoms with Crippen molar-refractivity contribution >= 4 is 49.6 Å². The lowest BCUT2D eigenvalue weighted by Crippen LogP contribution is -2.27. The lowest BCUT2D eigenvalue weighted by Gasteiger charge is -2.14. The monoisotopic (exact) mass is 373 g/mol. The number of hydrogen-bond donors (Lipinski definition) is 1. The number of aromatic nitrogens is 1. The Balaban J connectivity index is 1.88. The van der Waals surface area contributed by atoms with E-state index in [0.717, 1.165) is 21.2 Å². The van der Waals surface area contributed by atoms with Crippen LogP contribution in [-0.2, 0) is 17.9 Å². The number of amides is 1. The van der Waals surface area contributed by atoms with E-state index in [1.54, 1.807) is 23.2 Å². The molecule has 0 saturated heterocycles. The molecular formula is C13H16BrN3OS2. The summed E-state index contributed by atoms with van der Waals surface area (Å²) in [7, 11) is 0. The highest BCUT2D eigenvalue weighted by atomic mass is 79.9. The molecule has 108 valence electrons. The predicted octanol–water partition coefficient (Wildman–Crippen LogP) is 3.63. The number of thiophene rings is 1. The van der Waals surface area contributed by atoms with Crippen LogP contribution in [0.4, 0.5) is 5.13 Å². The Bertz CT molecular complexity index is 582. The minimum absolute atomic E-state index is 0.0322. The predicted molar refractivity (Wildman–Crippen MR) is 88.4 cm³/mol. The van der Waals surface area contributed by atoms with Crippen LogP contribution in [0.1, 0.15) is 24.4 Å². The van der Waals surface area contributed by atoms with Gasteiger partial charge in [-0.05, 0) is 35.0 Å². The molecule has 2 heterocycles. The first-order chi connectivity index (χ1) is 9.60. The first-order valence-corrected chi connectivity index (χ1v) is 8.76. The summed E-state index contributed by atoms with van der Waals surface area (Å²) in [6.07, 6.45) is 0. The number of rotatable bonds is 6. The van der Waals surface area contributed by atoms with E-state index in [1.165, 1.54) is 16.2 Å². The van der Waals surface area contributed by atoms with Crippen molar-refractivity contribution in [2.45, 2.75) is 26.9 Å². The van der Waals surface area contributed by atoms with Crippen LogP contribution in [0.2, 0.25) is 0 Å². The fourth-order valence-electron chi connectivity index (χ4n) is 1.75. The van der Waals surface area contributed by atoms with E-state index in [4.69, 9.17) is 0 Å². The first-order valence-electron chi connectivity index (χ1n) is 6.27. The smallest absolute Gasteiger partial charge is 0.225 e. The molecule has 7 heteroatoms. The van der Waals surface area contributed by atoms with Crippen molar-refractivity contribution in [3.05, 3.63) is 31.9 Å². The molecule has 2 rings (SSSR count). The Kier molecular flexibility index (Phi) is 5.71. The molecule has 20 heavy (non-hydrogen) atoms. The summed E-state index contributed by atoms with van der Waals surface area (Å²) in [4.78, 5) is 18.9. The molecule has 0 aromatic carbocycles. The summed E-state index contributed by atoms with van der Waals surface area (Å²) >= 11 is 6.69. The van der Waals surface area contributed by atoms with E-state index >= 15 is 0 Å². The summed E-state index contributed by atoms with van der Waals surface area (Å²) in [6, 6.07) is 4.15. The second-order valence-electron chi connectivity index (χ2n) is 4.19. The second-order valence-corrected chi connectivity index (χ2v) is 7.58. The molecule has 0 bridgehead atoms. The minimum atomic E-state index is 0.0322. The van der Waals surface area contributed by atoms with Crippen molar-refractivity contribution in [3.8, 4) is 0 Å². The average molecular weight is 374 g/mol. The first kappa shape index (κ1) is 15.6. The maximum absolute atomic E-state index is 11.5. The van der Waals surface area contributed by atoms with E-state index in [0.29, 0.717) is 13.1 Å². The number of nitrogens with zero attached hydrogens (tertiary/aromatic N) is 2. The van der Waals surface area contributed by atoms with Crippen molar-refractivity contribution in [2.24, 2.45) is 0 Å². The van der Waals surface area contributed by atoms with Crippen LogP contribution < -0.4 is 10.2 Å². The number of halogens is 1. The standard InChI is InChI=1S/C13H16BrN3OS2/c1-3-17(9(2)18)13-16-10(8-19-13)6-15-7-11-4-5-12(14)20-11/h4-5,8,15H,3,6-7H2,1-2H3. The van der Waals surface area contributed by atoms with Gasteiger partial charge in [0.1, 0.15) is 0 Å². The zero-order chi connectivity index (χ0) is 14.5. The van der Waals surface area contributed by atoms with Gasteiger partial charge in [0.25, 0.3) is 0 Å². The lowest BCUT2D eigenvalue weighted by molar-refractivity contribution is -0.116. The lowest BCUT2D eigenvalue weighted by atomic mass is 10.4. The van der Waals surface area contributed by atoms with Gasteiger partial charge in [0.2, 0.25) is 5.91 Å². The Morgan fingerprint density at radius 1 is 1.45 bits per heavy atom. The largest absolute Gasteiger partial charge is 0.306 e. The summed E-state index contributed by atoms with van der Waals surface area (Å²) in [5.74, 6) is 0.0322. The summed E-state index contributed by atoms with van der Waals surface area (Å²) < 4.78 is 1.14. The van der Waals surface area contributed by atoms with Gasteiger partial charge in [-0.15, -0.1) is 22.7 Å². The van der Waals surface area contributed by atoms with Gasteiger partial charge >= 0.3 is 0 Å². The SMILES string of the molecule is CCN(C(C)=O)c1nc(CNCc2ccc(Br)s2)cs1. The Morgan fingerprint density at radius 2 is 2.25 bits per heavy atom. The molecule has 0 spiro atoms. The van der Waals surface area contributed by atoms with Crippen LogP contribution in [-0.4, -0.2) is 17.4 Å². The quantitative estimate of drug-likeness (QED) is 0.840. The fourth-order valence-corrected chi connectivity index (χ4v) is 4.14. The molecule has 4 nitrogen and oxygen atoms in total. The zero-order valence-electron chi connectivity index (χ0n) is 11.4. The molecule has 2 aromatic rings. The molecule has 0 aliphatic rings. The third-order valence-electron chi connectivity index (χ3n) is 2.70. The van der Waals surface area contributed by atoms with Gasteiger partial charge in [0, 0.05) is 36.8 Å². The fraction of sp³-hybridized carbons (Fsp3) is 0.385. The van der Waals surface area contributed by atoms with Gasteiger partial charge in [-0.1, -0.05) is 0 Å². The van der Waals surface area contributed by atoms with Crippen LogP contribution >= 0.6 is 38.6 Å². The summed E-state index contributed by atoms with van der Waals surface area (Å²) in [5, 5.41) is 6.13. The van der Waals surface area contributed by atoms with E-state index in [1.807, 2.05) is 12.3 Å². The van der Waals surface area contributed by atoms with Crippen LogP contribution in [0.5, 0.6) is 0 Å². The number of carbonyl (C=O) groups is 1. The number of thiazole rings is 1. The van der Waals surface area contributed by atoms with Crippen molar-refractivity contribution in [2.75, 3.05) is 11.4 Å².